The summed E-state index contributed by atoms with van der Waals surface area (Å²) in [5.41, 5.74) is 1.48. The predicted octanol–water partition coefficient (Wildman–Crippen LogP) is 2.42. The maximum atomic E-state index is 12.2. The van der Waals surface area contributed by atoms with Crippen LogP contribution in [0.4, 0.5) is 5.88 Å². The van der Waals surface area contributed by atoms with Gasteiger partial charge in [-0.3, -0.25) is 14.8 Å². The molecule has 0 aliphatic carbocycles. The number of amides is 1. The van der Waals surface area contributed by atoms with Gasteiger partial charge in [0.2, 0.25) is 5.88 Å². The van der Waals surface area contributed by atoms with Crippen LogP contribution in [0, 0.1) is 13.8 Å². The molecule has 9 heteroatoms. The number of esters is 1. The second kappa shape index (κ2) is 6.08. The lowest BCUT2D eigenvalue weighted by molar-refractivity contribution is -0.123. The molecule has 0 unspecified atom stereocenters. The minimum absolute atomic E-state index is 0.212. The Morgan fingerprint density at radius 1 is 1.38 bits per heavy atom. The summed E-state index contributed by atoms with van der Waals surface area (Å²) in [5, 5.41) is 11.4. The first-order valence-electron chi connectivity index (χ1n) is 7.23. The van der Waals surface area contributed by atoms with Gasteiger partial charge >= 0.3 is 5.97 Å². The summed E-state index contributed by atoms with van der Waals surface area (Å²) in [6, 6.07) is 3.31. The highest BCUT2D eigenvalue weighted by Crippen LogP contribution is 2.28. The molecule has 0 aliphatic rings. The molecular formula is C15H16N4O4S. The molecular weight excluding hydrogens is 332 g/mol. The molecule has 3 aromatic heterocycles. The lowest BCUT2D eigenvalue weighted by atomic mass is 10.3. The van der Waals surface area contributed by atoms with E-state index in [0.29, 0.717) is 10.6 Å². The van der Waals surface area contributed by atoms with Gasteiger partial charge in [-0.25, -0.2) is 4.79 Å². The molecule has 0 fully saturated rings. The van der Waals surface area contributed by atoms with E-state index in [2.05, 4.69) is 15.6 Å². The topological polar surface area (TPSA) is 99.2 Å². The smallest absolute Gasteiger partial charge is 0.349 e. The van der Waals surface area contributed by atoms with E-state index in [9.17, 15) is 9.59 Å². The van der Waals surface area contributed by atoms with Gasteiger partial charge in [0.25, 0.3) is 5.91 Å². The first-order valence-corrected chi connectivity index (χ1v) is 8.05. The van der Waals surface area contributed by atoms with E-state index < -0.39 is 18.0 Å². The van der Waals surface area contributed by atoms with Gasteiger partial charge in [-0.1, -0.05) is 5.16 Å². The van der Waals surface area contributed by atoms with Crippen molar-refractivity contribution in [1.29, 1.82) is 0 Å². The number of fused-ring (bicyclic) bond motifs is 1. The fourth-order valence-electron chi connectivity index (χ4n) is 2.22. The van der Waals surface area contributed by atoms with Gasteiger partial charge < -0.3 is 9.26 Å². The van der Waals surface area contributed by atoms with E-state index in [4.69, 9.17) is 9.26 Å². The summed E-state index contributed by atoms with van der Waals surface area (Å²) in [7, 11) is 1.82. The normalized spacial score (nSPS) is 12.3. The van der Waals surface area contributed by atoms with E-state index >= 15 is 0 Å². The number of aromatic nitrogens is 3. The first-order chi connectivity index (χ1) is 11.3. The highest BCUT2D eigenvalue weighted by Gasteiger charge is 2.22. The van der Waals surface area contributed by atoms with E-state index in [0.717, 1.165) is 15.9 Å². The number of anilines is 1. The molecule has 0 bridgehead atoms. The fourth-order valence-corrected chi connectivity index (χ4v) is 3.23. The SMILES string of the molecule is Cc1cc(NC(=O)[C@@H](C)OC(=O)c2cc3c(C)nn(C)c3s2)on1. The van der Waals surface area contributed by atoms with E-state index in [1.165, 1.54) is 18.3 Å². The van der Waals surface area contributed by atoms with Crippen LogP contribution in [0.3, 0.4) is 0 Å². The number of carbonyl (C=O) groups is 2. The lowest BCUT2D eigenvalue weighted by Gasteiger charge is -2.11. The van der Waals surface area contributed by atoms with Crippen LogP contribution in [0.2, 0.25) is 0 Å². The Morgan fingerprint density at radius 3 is 2.75 bits per heavy atom. The summed E-state index contributed by atoms with van der Waals surface area (Å²) in [5.74, 6) is -0.825. The number of ether oxygens (including phenoxy) is 1. The monoisotopic (exact) mass is 348 g/mol. The van der Waals surface area contributed by atoms with Gasteiger partial charge in [0.1, 0.15) is 9.71 Å². The Labute approximate surface area is 141 Å². The van der Waals surface area contributed by atoms with E-state index in [1.54, 1.807) is 23.7 Å². The largest absolute Gasteiger partial charge is 0.448 e. The number of carbonyl (C=O) groups excluding carboxylic acids is 2. The molecule has 24 heavy (non-hydrogen) atoms. The van der Waals surface area contributed by atoms with Crippen molar-refractivity contribution < 1.29 is 18.8 Å². The first kappa shape index (κ1) is 16.2. The molecule has 1 amide bonds. The van der Waals surface area contributed by atoms with Crippen molar-refractivity contribution >= 4 is 39.3 Å². The predicted molar refractivity (Wildman–Crippen MR) is 88.1 cm³/mol. The second-order valence-electron chi connectivity index (χ2n) is 5.41. The summed E-state index contributed by atoms with van der Waals surface area (Å²) in [4.78, 5) is 25.6. The molecule has 3 aromatic rings. The zero-order valence-corrected chi connectivity index (χ0v) is 14.4. The Morgan fingerprint density at radius 2 is 2.12 bits per heavy atom. The average Bonchev–Trinajstić information content (AvgIpc) is 3.18. The third-order valence-corrected chi connectivity index (χ3v) is 4.61. The molecule has 0 saturated heterocycles. The van der Waals surface area contributed by atoms with Crippen molar-refractivity contribution in [2.45, 2.75) is 26.9 Å². The second-order valence-corrected chi connectivity index (χ2v) is 6.44. The van der Waals surface area contributed by atoms with Crippen molar-refractivity contribution in [3.63, 3.8) is 0 Å². The van der Waals surface area contributed by atoms with Crippen LogP contribution in [0.25, 0.3) is 10.2 Å². The number of hydrogen-bond acceptors (Lipinski definition) is 7. The minimum atomic E-state index is -0.965. The van der Waals surface area contributed by atoms with Crippen molar-refractivity contribution in [1.82, 2.24) is 14.9 Å². The van der Waals surface area contributed by atoms with E-state index in [1.807, 2.05) is 14.0 Å². The molecule has 3 rings (SSSR count). The Kier molecular flexibility index (Phi) is 4.10. The number of nitrogens with one attached hydrogen (secondary N) is 1. The van der Waals surface area contributed by atoms with Crippen LogP contribution in [-0.2, 0) is 16.6 Å². The van der Waals surface area contributed by atoms with Gasteiger partial charge in [0.05, 0.1) is 11.4 Å². The molecule has 1 N–H and O–H groups in total. The van der Waals surface area contributed by atoms with Crippen LogP contribution in [0.1, 0.15) is 28.0 Å². The highest BCUT2D eigenvalue weighted by molar-refractivity contribution is 7.20. The van der Waals surface area contributed by atoms with Crippen molar-refractivity contribution in [3.05, 3.63) is 28.4 Å². The molecule has 0 saturated carbocycles. The molecule has 126 valence electrons. The highest BCUT2D eigenvalue weighted by atomic mass is 32.1. The molecule has 0 radical (unpaired) electrons. The van der Waals surface area contributed by atoms with Crippen LogP contribution in [-0.4, -0.2) is 32.9 Å². The zero-order chi connectivity index (χ0) is 17.4. The van der Waals surface area contributed by atoms with E-state index in [-0.39, 0.29) is 5.88 Å². The summed E-state index contributed by atoms with van der Waals surface area (Å²) < 4.78 is 11.8. The number of aryl methyl sites for hydroxylation is 3. The van der Waals surface area contributed by atoms with Crippen molar-refractivity contribution in [2.75, 3.05) is 5.32 Å². The average molecular weight is 348 g/mol. The summed E-state index contributed by atoms with van der Waals surface area (Å²) >= 11 is 1.28. The number of hydrogen-bond donors (Lipinski definition) is 1. The molecule has 0 aromatic carbocycles. The summed E-state index contributed by atoms with van der Waals surface area (Å²) in [6.07, 6.45) is -0.965. The number of nitrogens with zero attached hydrogens (tertiary/aromatic N) is 3. The van der Waals surface area contributed by atoms with Crippen LogP contribution in [0.15, 0.2) is 16.7 Å². The van der Waals surface area contributed by atoms with Gasteiger partial charge in [-0.2, -0.15) is 5.10 Å². The maximum absolute atomic E-state index is 12.2. The zero-order valence-electron chi connectivity index (χ0n) is 13.6. The Balaban J connectivity index is 1.68. The quantitative estimate of drug-likeness (QED) is 0.727. The van der Waals surface area contributed by atoms with Gasteiger partial charge in [0, 0.05) is 18.5 Å². The molecule has 0 spiro atoms. The minimum Gasteiger partial charge on any atom is -0.448 e. The third kappa shape index (κ3) is 3.02. The van der Waals surface area contributed by atoms with Gasteiger partial charge in [0.15, 0.2) is 6.10 Å². The number of rotatable bonds is 4. The fraction of sp³-hybridized carbons (Fsp3) is 0.333. The molecule has 1 atom stereocenters. The van der Waals surface area contributed by atoms with Crippen LogP contribution < -0.4 is 5.32 Å². The number of thiophene rings is 1. The Hall–Kier alpha value is -2.68. The molecule has 3 heterocycles. The van der Waals surface area contributed by atoms with Gasteiger partial charge in [-0.15, -0.1) is 11.3 Å². The van der Waals surface area contributed by atoms with Crippen molar-refractivity contribution in [3.8, 4) is 0 Å². The summed E-state index contributed by atoms with van der Waals surface area (Å²) in [6.45, 7) is 5.11. The molecule has 8 nitrogen and oxygen atoms in total. The molecule has 0 aliphatic heterocycles. The Bertz CT molecular complexity index is 889. The third-order valence-electron chi connectivity index (χ3n) is 3.42. The van der Waals surface area contributed by atoms with Crippen molar-refractivity contribution in [2.24, 2.45) is 7.05 Å². The standard InChI is InChI=1S/C15H16N4O4S/c1-7-5-12(23-18-7)16-13(20)9(3)22-15(21)11-6-10-8(2)17-19(4)14(10)24-11/h5-6,9H,1-4H3,(H,16,20)/t9-/m1/s1. The van der Waals surface area contributed by atoms with Crippen LogP contribution in [0.5, 0.6) is 0 Å². The maximum Gasteiger partial charge on any atom is 0.349 e. The van der Waals surface area contributed by atoms with Crippen LogP contribution >= 0.6 is 11.3 Å². The lowest BCUT2D eigenvalue weighted by Crippen LogP contribution is -2.29. The van der Waals surface area contributed by atoms with Gasteiger partial charge in [-0.05, 0) is 26.8 Å².